The van der Waals surface area contributed by atoms with Crippen LogP contribution in [0.1, 0.15) is 12.8 Å². The van der Waals surface area contributed by atoms with Crippen LogP contribution in [0.5, 0.6) is 0 Å². The number of rotatable bonds is 4. The number of hydrogen-bond donors (Lipinski definition) is 1. The van der Waals surface area contributed by atoms with E-state index in [1.165, 1.54) is 10.4 Å². The van der Waals surface area contributed by atoms with E-state index < -0.39 is 26.6 Å². The molecule has 1 fully saturated rings. The molecule has 1 aromatic rings. The van der Waals surface area contributed by atoms with Gasteiger partial charge in [0.2, 0.25) is 10.0 Å². The Morgan fingerprint density at radius 1 is 1.29 bits per heavy atom. The van der Waals surface area contributed by atoms with Crippen molar-refractivity contribution in [3.63, 3.8) is 0 Å². The van der Waals surface area contributed by atoms with Gasteiger partial charge in [-0.1, -0.05) is 6.07 Å². The van der Waals surface area contributed by atoms with Crippen LogP contribution in [0, 0.1) is 17.6 Å². The fraction of sp³-hybridized carbons (Fsp3) is 0.538. The Hall–Kier alpha value is -0.760. The molecule has 0 spiro atoms. The van der Waals surface area contributed by atoms with E-state index in [9.17, 15) is 17.2 Å². The zero-order valence-corrected chi connectivity index (χ0v) is 13.3. The molecule has 0 aliphatic carbocycles. The lowest BCUT2D eigenvalue weighted by atomic mass is 9.98. The van der Waals surface area contributed by atoms with E-state index >= 15 is 0 Å². The second-order valence-electron chi connectivity index (χ2n) is 4.96. The minimum Gasteiger partial charge on any atom is -0.319 e. The molecule has 1 N–H and O–H groups in total. The molecule has 0 amide bonds. The molecule has 0 aromatic heterocycles. The van der Waals surface area contributed by atoms with E-state index in [2.05, 4.69) is 5.32 Å². The van der Waals surface area contributed by atoms with E-state index in [0.29, 0.717) is 19.0 Å². The molecule has 1 aliphatic rings. The number of halogens is 3. The number of piperidine rings is 1. The van der Waals surface area contributed by atoms with Crippen molar-refractivity contribution in [1.29, 1.82) is 0 Å². The Balaban J connectivity index is 0.00000220. The van der Waals surface area contributed by atoms with Crippen LogP contribution in [0.3, 0.4) is 0 Å². The highest BCUT2D eigenvalue weighted by Gasteiger charge is 2.31. The van der Waals surface area contributed by atoms with Crippen LogP contribution in [0.4, 0.5) is 8.78 Å². The smallest absolute Gasteiger partial charge is 0.246 e. The summed E-state index contributed by atoms with van der Waals surface area (Å²) in [5.74, 6) is -2.02. The molecule has 21 heavy (non-hydrogen) atoms. The molecule has 1 saturated heterocycles. The molecule has 4 nitrogen and oxygen atoms in total. The number of sulfonamides is 1. The SMILES string of the molecule is CNCC1CCN(S(=O)(=O)c2cccc(F)c2F)CC1.Cl. The Labute approximate surface area is 130 Å². The van der Waals surface area contributed by atoms with Crippen LogP contribution < -0.4 is 5.32 Å². The molecule has 2 rings (SSSR count). The predicted octanol–water partition coefficient (Wildman–Crippen LogP) is 2.01. The van der Waals surface area contributed by atoms with E-state index in [-0.39, 0.29) is 12.4 Å². The summed E-state index contributed by atoms with van der Waals surface area (Å²) in [6, 6.07) is 3.22. The van der Waals surface area contributed by atoms with Crippen molar-refractivity contribution in [2.75, 3.05) is 26.7 Å². The van der Waals surface area contributed by atoms with E-state index in [1.54, 1.807) is 0 Å². The lowest BCUT2D eigenvalue weighted by Gasteiger charge is -2.31. The molecule has 0 radical (unpaired) electrons. The van der Waals surface area contributed by atoms with Crippen molar-refractivity contribution in [3.05, 3.63) is 29.8 Å². The summed E-state index contributed by atoms with van der Waals surface area (Å²) in [6.45, 7) is 1.51. The molecule has 0 atom stereocenters. The van der Waals surface area contributed by atoms with Gasteiger partial charge in [0.05, 0.1) is 0 Å². The van der Waals surface area contributed by atoms with Crippen LogP contribution in [-0.2, 0) is 10.0 Å². The second-order valence-corrected chi connectivity index (χ2v) is 6.86. The summed E-state index contributed by atoms with van der Waals surface area (Å²) in [7, 11) is -2.10. The van der Waals surface area contributed by atoms with Crippen molar-refractivity contribution in [1.82, 2.24) is 9.62 Å². The summed E-state index contributed by atoms with van der Waals surface area (Å²) < 4.78 is 52.7. The quantitative estimate of drug-likeness (QED) is 0.912. The summed E-state index contributed by atoms with van der Waals surface area (Å²) in [6.07, 6.45) is 1.44. The standard InChI is InChI=1S/C13H18F2N2O2S.ClH/c1-16-9-10-5-7-17(8-6-10)20(18,19)12-4-2-3-11(14)13(12)15;/h2-4,10,16H,5-9H2,1H3;1H. The largest absolute Gasteiger partial charge is 0.319 e. The van der Waals surface area contributed by atoms with Gasteiger partial charge in [0.15, 0.2) is 11.6 Å². The highest BCUT2D eigenvalue weighted by molar-refractivity contribution is 7.89. The highest BCUT2D eigenvalue weighted by atomic mass is 35.5. The van der Waals surface area contributed by atoms with Gasteiger partial charge in [0.25, 0.3) is 0 Å². The Bertz CT molecular complexity index is 576. The topological polar surface area (TPSA) is 49.4 Å². The monoisotopic (exact) mass is 340 g/mol. The first kappa shape index (κ1) is 18.3. The molecule has 8 heteroatoms. The van der Waals surface area contributed by atoms with Crippen molar-refractivity contribution in [2.24, 2.45) is 5.92 Å². The van der Waals surface area contributed by atoms with Crippen LogP contribution in [0.15, 0.2) is 23.1 Å². The number of nitrogens with one attached hydrogen (secondary N) is 1. The van der Waals surface area contributed by atoms with Crippen LogP contribution in [-0.4, -0.2) is 39.4 Å². The third-order valence-electron chi connectivity index (χ3n) is 3.60. The molecule has 0 unspecified atom stereocenters. The molecule has 1 heterocycles. The minimum atomic E-state index is -3.96. The molecule has 0 bridgehead atoms. The maximum atomic E-state index is 13.7. The van der Waals surface area contributed by atoms with Gasteiger partial charge in [-0.2, -0.15) is 4.31 Å². The first-order valence-electron chi connectivity index (χ1n) is 6.55. The second kappa shape index (κ2) is 7.49. The van der Waals surface area contributed by atoms with Gasteiger partial charge >= 0.3 is 0 Å². The first-order chi connectivity index (χ1) is 9.46. The zero-order valence-electron chi connectivity index (χ0n) is 11.7. The van der Waals surface area contributed by atoms with E-state index in [1.807, 2.05) is 7.05 Å². The summed E-state index contributed by atoms with van der Waals surface area (Å²) in [5, 5.41) is 3.06. The van der Waals surface area contributed by atoms with Gasteiger partial charge in [0.1, 0.15) is 4.90 Å². The third kappa shape index (κ3) is 3.91. The van der Waals surface area contributed by atoms with Gasteiger partial charge in [-0.15, -0.1) is 12.4 Å². The van der Waals surface area contributed by atoms with E-state index in [4.69, 9.17) is 0 Å². The summed E-state index contributed by atoms with van der Waals surface area (Å²) in [4.78, 5) is -0.579. The number of hydrogen-bond acceptors (Lipinski definition) is 3. The Morgan fingerprint density at radius 3 is 2.48 bits per heavy atom. The minimum absolute atomic E-state index is 0. The Morgan fingerprint density at radius 2 is 1.90 bits per heavy atom. The number of benzene rings is 1. The van der Waals surface area contributed by atoms with Crippen LogP contribution >= 0.6 is 12.4 Å². The average molecular weight is 341 g/mol. The van der Waals surface area contributed by atoms with Gasteiger partial charge < -0.3 is 5.32 Å². The molecule has 1 aliphatic heterocycles. The van der Waals surface area contributed by atoms with Crippen molar-refractivity contribution in [3.8, 4) is 0 Å². The van der Waals surface area contributed by atoms with E-state index in [0.717, 1.165) is 31.5 Å². The van der Waals surface area contributed by atoms with Gasteiger partial charge in [-0.3, -0.25) is 0 Å². The normalized spacial score (nSPS) is 17.5. The molecule has 1 aromatic carbocycles. The van der Waals surface area contributed by atoms with Gasteiger partial charge in [-0.25, -0.2) is 17.2 Å². The predicted molar refractivity (Wildman–Crippen MR) is 79.0 cm³/mol. The molecule has 0 saturated carbocycles. The lowest BCUT2D eigenvalue weighted by molar-refractivity contribution is 0.270. The van der Waals surface area contributed by atoms with Crippen LogP contribution in [0.2, 0.25) is 0 Å². The van der Waals surface area contributed by atoms with Crippen molar-refractivity contribution in [2.45, 2.75) is 17.7 Å². The Kier molecular flexibility index (Phi) is 6.52. The molecule has 120 valence electrons. The molecular weight excluding hydrogens is 322 g/mol. The fourth-order valence-corrected chi connectivity index (χ4v) is 4.01. The summed E-state index contributed by atoms with van der Waals surface area (Å²) in [5.41, 5.74) is 0. The molecular formula is C13H19ClF2N2O2S. The lowest BCUT2D eigenvalue weighted by Crippen LogP contribution is -2.40. The van der Waals surface area contributed by atoms with Gasteiger partial charge in [-0.05, 0) is 44.5 Å². The maximum Gasteiger partial charge on any atom is 0.246 e. The summed E-state index contributed by atoms with van der Waals surface area (Å²) >= 11 is 0. The average Bonchev–Trinajstić information content (AvgIpc) is 2.42. The van der Waals surface area contributed by atoms with Crippen molar-refractivity contribution < 1.29 is 17.2 Å². The fourth-order valence-electron chi connectivity index (χ4n) is 2.46. The van der Waals surface area contributed by atoms with Crippen LogP contribution in [0.25, 0.3) is 0 Å². The van der Waals surface area contributed by atoms with Crippen molar-refractivity contribution >= 4 is 22.4 Å². The van der Waals surface area contributed by atoms with Gasteiger partial charge in [0, 0.05) is 13.1 Å². The zero-order chi connectivity index (χ0) is 14.8. The number of nitrogens with zero attached hydrogens (tertiary/aromatic N) is 1. The third-order valence-corrected chi connectivity index (χ3v) is 5.52. The maximum absolute atomic E-state index is 13.7. The highest BCUT2D eigenvalue weighted by Crippen LogP contribution is 2.25. The first-order valence-corrected chi connectivity index (χ1v) is 7.99.